The zero-order valence-electron chi connectivity index (χ0n) is 13.6. The van der Waals surface area contributed by atoms with Gasteiger partial charge in [0.2, 0.25) is 0 Å². The third-order valence-corrected chi connectivity index (χ3v) is 4.23. The number of unbranched alkanes of at least 4 members (excludes halogenated alkanes) is 8. The number of quaternary nitrogens is 1. The molecule has 0 saturated heterocycles. The van der Waals surface area contributed by atoms with Crippen molar-refractivity contribution in [3.8, 4) is 0 Å². The molecule has 0 amide bonds. The molecular formula is C18H34FN. The molecule has 1 aliphatic rings. The van der Waals surface area contributed by atoms with Gasteiger partial charge in [-0.05, 0) is 31.4 Å². The Morgan fingerprint density at radius 1 is 0.600 bits per heavy atom. The predicted molar refractivity (Wildman–Crippen MR) is 85.8 cm³/mol. The van der Waals surface area contributed by atoms with Crippen LogP contribution in [0.3, 0.4) is 0 Å². The van der Waals surface area contributed by atoms with Crippen LogP contribution in [0.5, 0.6) is 0 Å². The molecule has 20 heavy (non-hydrogen) atoms. The van der Waals surface area contributed by atoms with Crippen LogP contribution < -0.4 is 4.70 Å². The molecule has 0 bridgehead atoms. The third kappa shape index (κ3) is 7.84. The normalized spacial score (nSPS) is 15.5. The van der Waals surface area contributed by atoms with E-state index in [2.05, 4.69) is 38.4 Å². The number of halogens is 1. The molecule has 0 N–H and O–H groups in total. The summed E-state index contributed by atoms with van der Waals surface area (Å²) in [5.74, 6) is 0. The van der Waals surface area contributed by atoms with Gasteiger partial charge in [-0.3, -0.25) is 4.48 Å². The van der Waals surface area contributed by atoms with Gasteiger partial charge in [0.15, 0.2) is 0 Å². The van der Waals surface area contributed by atoms with Crippen LogP contribution in [0.15, 0.2) is 24.6 Å². The molecule has 2 heteroatoms. The van der Waals surface area contributed by atoms with Crippen molar-refractivity contribution in [2.45, 2.75) is 78.1 Å². The highest BCUT2D eigenvalue weighted by Crippen LogP contribution is 2.20. The first-order valence-electron chi connectivity index (χ1n) is 8.56. The topological polar surface area (TPSA) is 0 Å². The van der Waals surface area contributed by atoms with Gasteiger partial charge in [-0.1, -0.05) is 58.8 Å². The molecule has 0 radical (unpaired) electrons. The van der Waals surface area contributed by atoms with Gasteiger partial charge < -0.3 is 4.70 Å². The first kappa shape index (κ1) is 19.4. The molecule has 0 aromatic rings. The quantitative estimate of drug-likeness (QED) is 0.382. The highest BCUT2D eigenvalue weighted by atomic mass is 19.0. The number of nitrogens with zero attached hydrogens (tertiary/aromatic N) is 1. The van der Waals surface area contributed by atoms with Gasteiger partial charge in [-0.15, -0.1) is 0 Å². The summed E-state index contributed by atoms with van der Waals surface area (Å²) in [5.41, 5.74) is 0. The van der Waals surface area contributed by atoms with Crippen LogP contribution in [0, 0.1) is 0 Å². The fourth-order valence-electron chi connectivity index (χ4n) is 2.89. The van der Waals surface area contributed by atoms with Crippen LogP contribution in [0.25, 0.3) is 0 Å². The van der Waals surface area contributed by atoms with E-state index in [1.165, 1.54) is 77.3 Å². The highest BCUT2D eigenvalue weighted by molar-refractivity contribution is 5.03. The molecule has 0 fully saturated rings. The molecule has 0 spiro atoms. The molecule has 0 aromatic heterocycles. The van der Waals surface area contributed by atoms with E-state index < -0.39 is 0 Å². The maximum atomic E-state index is 2.39. The molecule has 1 aliphatic heterocycles. The Balaban J connectivity index is 0.00000361. The van der Waals surface area contributed by atoms with Gasteiger partial charge in [0.25, 0.3) is 0 Å². The lowest BCUT2D eigenvalue weighted by molar-refractivity contribution is -0.826. The average Bonchev–Trinajstić information content (AvgIpc) is 2.89. The molecule has 0 saturated carbocycles. The fourth-order valence-corrected chi connectivity index (χ4v) is 2.89. The van der Waals surface area contributed by atoms with Crippen LogP contribution >= 0.6 is 0 Å². The molecule has 0 aliphatic carbocycles. The molecular weight excluding hydrogens is 249 g/mol. The maximum Gasteiger partial charge on any atom is 0.101 e. The fraction of sp³-hybridized carbons (Fsp3) is 0.778. The first-order valence-corrected chi connectivity index (χ1v) is 8.56. The highest BCUT2D eigenvalue weighted by Gasteiger charge is 2.22. The first-order chi connectivity index (χ1) is 9.33. The van der Waals surface area contributed by atoms with E-state index in [4.69, 9.17) is 0 Å². The van der Waals surface area contributed by atoms with Crippen molar-refractivity contribution in [1.29, 1.82) is 0 Å². The van der Waals surface area contributed by atoms with Crippen LogP contribution in [0.2, 0.25) is 0 Å². The van der Waals surface area contributed by atoms with Crippen molar-refractivity contribution in [2.75, 3.05) is 13.1 Å². The lowest BCUT2D eigenvalue weighted by Crippen LogP contribution is -3.00. The molecule has 0 aromatic carbocycles. The summed E-state index contributed by atoms with van der Waals surface area (Å²) in [5, 5.41) is 0. The summed E-state index contributed by atoms with van der Waals surface area (Å²) in [6, 6.07) is 0. The van der Waals surface area contributed by atoms with Gasteiger partial charge in [0.1, 0.15) is 12.4 Å². The minimum Gasteiger partial charge on any atom is -1.00 e. The Labute approximate surface area is 125 Å². The van der Waals surface area contributed by atoms with Crippen LogP contribution in [0.1, 0.15) is 78.1 Å². The molecule has 118 valence electrons. The molecule has 1 heterocycles. The molecule has 0 unspecified atom stereocenters. The smallest absolute Gasteiger partial charge is 0.101 e. The van der Waals surface area contributed by atoms with Crippen molar-refractivity contribution in [1.82, 2.24) is 0 Å². The van der Waals surface area contributed by atoms with E-state index in [0.29, 0.717) is 0 Å². The SMILES string of the molecule is CCCCCCCCCC[N+]1(CCCC)C=CC=C1.[F-]. The minimum absolute atomic E-state index is 0. The minimum atomic E-state index is 0. The molecule has 1 nitrogen and oxygen atoms in total. The van der Waals surface area contributed by atoms with E-state index in [-0.39, 0.29) is 4.70 Å². The second-order valence-electron chi connectivity index (χ2n) is 6.06. The van der Waals surface area contributed by atoms with E-state index in [1.807, 2.05) is 0 Å². The number of rotatable bonds is 12. The van der Waals surface area contributed by atoms with Crippen molar-refractivity contribution in [3.63, 3.8) is 0 Å². The summed E-state index contributed by atoms with van der Waals surface area (Å²) in [6.45, 7) is 7.18. The van der Waals surface area contributed by atoms with Crippen LogP contribution in [0.4, 0.5) is 0 Å². The average molecular weight is 283 g/mol. The van der Waals surface area contributed by atoms with Crippen molar-refractivity contribution >= 4 is 0 Å². The summed E-state index contributed by atoms with van der Waals surface area (Å²) >= 11 is 0. The summed E-state index contributed by atoms with van der Waals surface area (Å²) in [7, 11) is 0. The second-order valence-corrected chi connectivity index (χ2v) is 6.06. The van der Waals surface area contributed by atoms with Crippen molar-refractivity contribution in [2.24, 2.45) is 0 Å². The second kappa shape index (κ2) is 12.1. The zero-order chi connectivity index (χ0) is 13.8. The van der Waals surface area contributed by atoms with E-state index >= 15 is 0 Å². The number of hydrogen-bond acceptors (Lipinski definition) is 0. The summed E-state index contributed by atoms with van der Waals surface area (Å²) < 4.78 is 1.11. The Bertz CT molecular complexity index is 259. The predicted octanol–water partition coefficient (Wildman–Crippen LogP) is 2.79. The van der Waals surface area contributed by atoms with Gasteiger partial charge in [0, 0.05) is 0 Å². The van der Waals surface area contributed by atoms with Crippen molar-refractivity contribution < 1.29 is 9.19 Å². The summed E-state index contributed by atoms with van der Waals surface area (Å²) in [4.78, 5) is 0. The summed E-state index contributed by atoms with van der Waals surface area (Å²) in [6.07, 6.45) is 23.2. The van der Waals surface area contributed by atoms with Crippen LogP contribution in [-0.2, 0) is 0 Å². The van der Waals surface area contributed by atoms with Gasteiger partial charge >= 0.3 is 0 Å². The van der Waals surface area contributed by atoms with Gasteiger partial charge in [-0.2, -0.15) is 0 Å². The molecule has 1 rings (SSSR count). The number of allylic oxidation sites excluding steroid dienone is 2. The Kier molecular flexibility index (Phi) is 11.8. The van der Waals surface area contributed by atoms with E-state index in [0.717, 1.165) is 4.48 Å². The Morgan fingerprint density at radius 3 is 1.60 bits per heavy atom. The molecule has 0 atom stereocenters. The van der Waals surface area contributed by atoms with E-state index in [1.54, 1.807) is 0 Å². The third-order valence-electron chi connectivity index (χ3n) is 4.23. The Morgan fingerprint density at radius 2 is 1.05 bits per heavy atom. The van der Waals surface area contributed by atoms with E-state index in [9.17, 15) is 0 Å². The monoisotopic (exact) mass is 283 g/mol. The zero-order valence-corrected chi connectivity index (χ0v) is 13.6. The van der Waals surface area contributed by atoms with Gasteiger partial charge in [-0.25, -0.2) is 0 Å². The van der Waals surface area contributed by atoms with Crippen molar-refractivity contribution in [3.05, 3.63) is 24.6 Å². The largest absolute Gasteiger partial charge is 1.00 e. The Hall–Kier alpha value is -0.630. The van der Waals surface area contributed by atoms with Gasteiger partial charge in [0.05, 0.1) is 13.1 Å². The lowest BCUT2D eigenvalue weighted by Gasteiger charge is -2.29. The maximum absolute atomic E-state index is 2.39. The lowest BCUT2D eigenvalue weighted by atomic mass is 10.1. The number of hydrogen-bond donors (Lipinski definition) is 0. The van der Waals surface area contributed by atoms with Crippen LogP contribution in [-0.4, -0.2) is 17.6 Å². The standard InChI is InChI=1S/C18H34N.FH/c1-3-5-7-8-9-10-11-12-16-19(15-6-4-2)17-13-14-18-19;/h13-14,17-18H,3-12,15-16H2,1-2H3;1H/q+1;/p-1.